The number of hydrogen-bond donors (Lipinski definition) is 2. The Balaban J connectivity index is 1.81. The summed E-state index contributed by atoms with van der Waals surface area (Å²) in [6.45, 7) is 2.21. The van der Waals surface area contributed by atoms with E-state index in [1.54, 1.807) is 7.05 Å². The molecule has 1 atom stereocenters. The molecule has 130 valence electrons. The molecular formula is C13H22F3N7. The number of alkyl halides is 3. The molecule has 2 heterocycles. The molecule has 1 unspecified atom stereocenters. The number of aryl methyl sites for hydroxylation is 1. The van der Waals surface area contributed by atoms with E-state index in [0.29, 0.717) is 32.0 Å². The van der Waals surface area contributed by atoms with Crippen LogP contribution in [-0.2, 0) is 13.6 Å². The normalized spacial score (nSPS) is 20.1. The van der Waals surface area contributed by atoms with E-state index in [-0.39, 0.29) is 6.04 Å². The first-order valence-electron chi connectivity index (χ1n) is 7.39. The number of hydrogen-bond acceptors (Lipinski definition) is 4. The zero-order chi connectivity index (χ0) is 17.0. The first-order chi connectivity index (χ1) is 10.8. The third-order valence-electron chi connectivity index (χ3n) is 3.84. The van der Waals surface area contributed by atoms with E-state index in [9.17, 15) is 13.2 Å². The van der Waals surface area contributed by atoms with E-state index in [1.807, 2.05) is 18.5 Å². The van der Waals surface area contributed by atoms with Gasteiger partial charge in [-0.2, -0.15) is 13.2 Å². The van der Waals surface area contributed by atoms with Gasteiger partial charge in [0.2, 0.25) is 0 Å². The van der Waals surface area contributed by atoms with Crippen molar-refractivity contribution in [1.82, 2.24) is 30.3 Å². The first kappa shape index (κ1) is 17.5. The highest BCUT2D eigenvalue weighted by Crippen LogP contribution is 2.19. The number of nitrogens with zero attached hydrogens (tertiary/aromatic N) is 5. The Kier molecular flexibility index (Phi) is 5.45. The quantitative estimate of drug-likeness (QED) is 0.618. The van der Waals surface area contributed by atoms with Crippen LogP contribution in [-0.4, -0.2) is 64.5 Å². The van der Waals surface area contributed by atoms with Gasteiger partial charge >= 0.3 is 6.18 Å². The molecule has 1 aliphatic rings. The highest BCUT2D eigenvalue weighted by Gasteiger charge is 2.34. The summed E-state index contributed by atoms with van der Waals surface area (Å²) in [6.07, 6.45) is -3.50. The number of aromatic nitrogens is 3. The number of halogens is 3. The third-order valence-corrected chi connectivity index (χ3v) is 3.84. The fourth-order valence-corrected chi connectivity index (χ4v) is 2.50. The van der Waals surface area contributed by atoms with Gasteiger partial charge in [0.05, 0.1) is 13.1 Å². The lowest BCUT2D eigenvalue weighted by Crippen LogP contribution is -2.45. The highest BCUT2D eigenvalue weighted by molar-refractivity contribution is 5.79. The molecule has 0 aliphatic carbocycles. The summed E-state index contributed by atoms with van der Waals surface area (Å²) in [6, 6.07) is -0.0511. The monoisotopic (exact) mass is 333 g/mol. The maximum atomic E-state index is 12.4. The summed E-state index contributed by atoms with van der Waals surface area (Å²) >= 11 is 0. The van der Waals surface area contributed by atoms with E-state index < -0.39 is 12.7 Å². The van der Waals surface area contributed by atoms with E-state index in [4.69, 9.17) is 0 Å². The average Bonchev–Trinajstić information content (AvgIpc) is 3.02. The third kappa shape index (κ3) is 5.08. The molecule has 1 fully saturated rings. The maximum Gasteiger partial charge on any atom is 0.401 e. The topological polar surface area (TPSA) is 70.4 Å². The zero-order valence-electron chi connectivity index (χ0n) is 13.5. The van der Waals surface area contributed by atoms with Gasteiger partial charge in [0.15, 0.2) is 11.8 Å². The molecule has 0 radical (unpaired) electrons. The Morgan fingerprint density at radius 1 is 1.39 bits per heavy atom. The van der Waals surface area contributed by atoms with Crippen molar-refractivity contribution in [1.29, 1.82) is 0 Å². The fraction of sp³-hybridized carbons (Fsp3) is 0.769. The number of guanidine groups is 1. The predicted molar refractivity (Wildman–Crippen MR) is 80.0 cm³/mol. The molecule has 0 spiro atoms. The maximum absolute atomic E-state index is 12.4. The van der Waals surface area contributed by atoms with E-state index in [0.717, 1.165) is 11.6 Å². The van der Waals surface area contributed by atoms with Crippen molar-refractivity contribution >= 4 is 5.96 Å². The molecule has 1 saturated heterocycles. The molecule has 2 rings (SSSR count). The van der Waals surface area contributed by atoms with Gasteiger partial charge in [-0.3, -0.25) is 9.89 Å². The van der Waals surface area contributed by atoms with Gasteiger partial charge in [-0.25, -0.2) is 0 Å². The van der Waals surface area contributed by atoms with Gasteiger partial charge in [0, 0.05) is 33.2 Å². The first-order valence-corrected chi connectivity index (χ1v) is 7.39. The zero-order valence-corrected chi connectivity index (χ0v) is 13.5. The Morgan fingerprint density at radius 3 is 2.70 bits per heavy atom. The van der Waals surface area contributed by atoms with E-state index >= 15 is 0 Å². The van der Waals surface area contributed by atoms with Gasteiger partial charge in [-0.15, -0.1) is 10.2 Å². The van der Waals surface area contributed by atoms with Crippen LogP contribution < -0.4 is 10.6 Å². The average molecular weight is 333 g/mol. The molecule has 0 saturated carbocycles. The minimum Gasteiger partial charge on any atom is -0.352 e. The fourth-order valence-electron chi connectivity index (χ4n) is 2.50. The van der Waals surface area contributed by atoms with Crippen LogP contribution in [0.25, 0.3) is 0 Å². The molecule has 0 aromatic carbocycles. The van der Waals surface area contributed by atoms with Crippen LogP contribution in [0.1, 0.15) is 18.1 Å². The molecule has 1 aromatic rings. The van der Waals surface area contributed by atoms with Crippen molar-refractivity contribution in [3.05, 3.63) is 11.6 Å². The van der Waals surface area contributed by atoms with Crippen molar-refractivity contribution < 1.29 is 13.2 Å². The van der Waals surface area contributed by atoms with Gasteiger partial charge in [0.1, 0.15) is 5.82 Å². The van der Waals surface area contributed by atoms with Crippen LogP contribution in [0.3, 0.4) is 0 Å². The minimum absolute atomic E-state index is 0.0511. The standard InChI is InChI=1S/C13H22F3N7/c1-9-20-21-11(22(9)3)6-18-12(17-2)19-10-4-5-23(7-10)8-13(14,15)16/h10H,4-8H2,1-3H3,(H2,17,18,19). The number of aliphatic imine (C=N–C) groups is 1. The van der Waals surface area contributed by atoms with Gasteiger partial charge in [-0.05, 0) is 13.3 Å². The molecule has 1 aromatic heterocycles. The Bertz CT molecular complexity index is 552. The summed E-state index contributed by atoms with van der Waals surface area (Å²) in [5, 5.41) is 14.3. The van der Waals surface area contributed by atoms with Gasteiger partial charge in [-0.1, -0.05) is 0 Å². The molecule has 10 heteroatoms. The number of nitrogens with one attached hydrogen (secondary N) is 2. The minimum atomic E-state index is -4.15. The SMILES string of the molecule is CN=C(NCc1nnc(C)n1C)NC1CCN(CC(F)(F)F)C1. The van der Waals surface area contributed by atoms with Gasteiger partial charge in [0.25, 0.3) is 0 Å². The summed E-state index contributed by atoms with van der Waals surface area (Å²) in [5.41, 5.74) is 0. The van der Waals surface area contributed by atoms with Crippen LogP contribution in [0.5, 0.6) is 0 Å². The summed E-state index contributed by atoms with van der Waals surface area (Å²) in [7, 11) is 3.49. The Morgan fingerprint density at radius 2 is 2.13 bits per heavy atom. The number of rotatable bonds is 4. The molecule has 7 nitrogen and oxygen atoms in total. The smallest absolute Gasteiger partial charge is 0.352 e. The summed E-state index contributed by atoms with van der Waals surface area (Å²) in [5.74, 6) is 2.11. The van der Waals surface area contributed by atoms with Crippen LogP contribution in [0, 0.1) is 6.92 Å². The van der Waals surface area contributed by atoms with Crippen LogP contribution in [0.4, 0.5) is 13.2 Å². The van der Waals surface area contributed by atoms with Crippen molar-refractivity contribution in [2.45, 2.75) is 32.1 Å². The lowest BCUT2D eigenvalue weighted by molar-refractivity contribution is -0.143. The van der Waals surface area contributed by atoms with Crippen molar-refractivity contribution in [3.63, 3.8) is 0 Å². The molecule has 23 heavy (non-hydrogen) atoms. The molecule has 0 bridgehead atoms. The molecular weight excluding hydrogens is 311 g/mol. The number of likely N-dealkylation sites (tertiary alicyclic amines) is 1. The Labute approximate surface area is 133 Å². The van der Waals surface area contributed by atoms with E-state index in [1.165, 1.54) is 4.90 Å². The molecule has 2 N–H and O–H groups in total. The second-order valence-corrected chi connectivity index (χ2v) is 5.63. The Hall–Kier alpha value is -1.84. The van der Waals surface area contributed by atoms with Crippen molar-refractivity contribution in [2.24, 2.45) is 12.0 Å². The second-order valence-electron chi connectivity index (χ2n) is 5.63. The summed E-state index contributed by atoms with van der Waals surface area (Å²) < 4.78 is 39.1. The largest absolute Gasteiger partial charge is 0.401 e. The lowest BCUT2D eigenvalue weighted by atomic mass is 10.3. The molecule has 0 amide bonds. The van der Waals surface area contributed by atoms with Crippen molar-refractivity contribution in [2.75, 3.05) is 26.7 Å². The predicted octanol–water partition coefficient (Wildman–Crippen LogP) is 0.425. The van der Waals surface area contributed by atoms with E-state index in [2.05, 4.69) is 25.8 Å². The lowest BCUT2D eigenvalue weighted by Gasteiger charge is -2.19. The van der Waals surface area contributed by atoms with Crippen LogP contribution in [0.15, 0.2) is 4.99 Å². The van der Waals surface area contributed by atoms with Crippen molar-refractivity contribution in [3.8, 4) is 0 Å². The molecule has 1 aliphatic heterocycles. The van der Waals surface area contributed by atoms with Crippen LogP contribution in [0.2, 0.25) is 0 Å². The summed E-state index contributed by atoms with van der Waals surface area (Å²) in [4.78, 5) is 5.50. The second kappa shape index (κ2) is 7.16. The van der Waals surface area contributed by atoms with Crippen LogP contribution >= 0.6 is 0 Å². The van der Waals surface area contributed by atoms with Gasteiger partial charge < -0.3 is 15.2 Å². The highest BCUT2D eigenvalue weighted by atomic mass is 19.4.